The SMILES string of the molecule is Cc1ccc(NC(=O)CO/N=C/c2ccc(OC(F)F)cc2)cc1S(=O)(=O)N1CCOCC1. The first-order valence-electron chi connectivity index (χ1n) is 9.94. The highest BCUT2D eigenvalue weighted by Gasteiger charge is 2.28. The number of sulfonamides is 1. The number of rotatable bonds is 9. The molecule has 0 bridgehead atoms. The molecular formula is C21H23F2N3O6S. The van der Waals surface area contributed by atoms with Crippen LogP contribution in [0.4, 0.5) is 14.5 Å². The van der Waals surface area contributed by atoms with Crippen LogP contribution in [0.3, 0.4) is 0 Å². The molecule has 0 radical (unpaired) electrons. The van der Waals surface area contributed by atoms with Crippen molar-refractivity contribution in [3.63, 3.8) is 0 Å². The largest absolute Gasteiger partial charge is 0.435 e. The fourth-order valence-electron chi connectivity index (χ4n) is 3.01. The van der Waals surface area contributed by atoms with Gasteiger partial charge in [0.15, 0.2) is 6.61 Å². The first-order chi connectivity index (χ1) is 15.8. The van der Waals surface area contributed by atoms with Crippen molar-refractivity contribution < 1.29 is 36.3 Å². The highest BCUT2D eigenvalue weighted by Crippen LogP contribution is 2.24. The third-order valence-corrected chi connectivity index (χ3v) is 6.68. The van der Waals surface area contributed by atoms with E-state index in [0.29, 0.717) is 30.0 Å². The van der Waals surface area contributed by atoms with Crippen LogP contribution in [0.5, 0.6) is 5.75 Å². The Bertz CT molecular complexity index is 1090. The summed E-state index contributed by atoms with van der Waals surface area (Å²) in [6.07, 6.45) is 1.30. The van der Waals surface area contributed by atoms with Gasteiger partial charge in [-0.3, -0.25) is 4.79 Å². The van der Waals surface area contributed by atoms with Gasteiger partial charge >= 0.3 is 6.61 Å². The molecule has 0 spiro atoms. The van der Waals surface area contributed by atoms with Crippen molar-refractivity contribution in [2.75, 3.05) is 38.2 Å². The van der Waals surface area contributed by atoms with E-state index in [4.69, 9.17) is 9.57 Å². The normalized spacial score (nSPS) is 15.0. The maximum absolute atomic E-state index is 12.9. The van der Waals surface area contributed by atoms with Crippen LogP contribution in [0.25, 0.3) is 0 Å². The molecule has 0 aromatic heterocycles. The zero-order valence-corrected chi connectivity index (χ0v) is 18.6. The summed E-state index contributed by atoms with van der Waals surface area (Å²) in [7, 11) is -3.72. The van der Waals surface area contributed by atoms with E-state index in [2.05, 4.69) is 15.2 Å². The summed E-state index contributed by atoms with van der Waals surface area (Å²) in [5, 5.41) is 6.23. The van der Waals surface area contributed by atoms with E-state index in [9.17, 15) is 22.0 Å². The van der Waals surface area contributed by atoms with Crippen LogP contribution in [-0.4, -0.2) is 64.4 Å². The molecule has 0 saturated carbocycles. The van der Waals surface area contributed by atoms with E-state index >= 15 is 0 Å². The molecule has 0 atom stereocenters. The van der Waals surface area contributed by atoms with Crippen LogP contribution in [0.1, 0.15) is 11.1 Å². The maximum atomic E-state index is 12.9. The third kappa shape index (κ3) is 6.94. The quantitative estimate of drug-likeness (QED) is 0.434. The van der Waals surface area contributed by atoms with Gasteiger partial charge < -0.3 is 19.6 Å². The van der Waals surface area contributed by atoms with Crippen molar-refractivity contribution in [1.29, 1.82) is 0 Å². The highest BCUT2D eigenvalue weighted by molar-refractivity contribution is 7.89. The topological polar surface area (TPSA) is 107 Å². The van der Waals surface area contributed by atoms with Gasteiger partial charge in [-0.1, -0.05) is 11.2 Å². The molecule has 1 fully saturated rings. The van der Waals surface area contributed by atoms with Gasteiger partial charge in [-0.2, -0.15) is 13.1 Å². The van der Waals surface area contributed by atoms with E-state index in [-0.39, 0.29) is 23.7 Å². The van der Waals surface area contributed by atoms with Crippen molar-refractivity contribution in [1.82, 2.24) is 4.31 Å². The average molecular weight is 483 g/mol. The van der Waals surface area contributed by atoms with E-state index < -0.39 is 29.1 Å². The second kappa shape index (κ2) is 11.2. The standard InChI is InChI=1S/C21H23F2N3O6S/c1-15-2-5-17(12-19(15)33(28,29)26-8-10-30-11-9-26)25-20(27)14-31-24-13-16-3-6-18(7-4-16)32-21(22)23/h2-7,12-13,21H,8-11,14H2,1H3,(H,25,27)/b24-13+. The molecule has 1 N–H and O–H groups in total. The molecule has 1 heterocycles. The Morgan fingerprint density at radius 2 is 1.91 bits per heavy atom. The van der Waals surface area contributed by atoms with Crippen LogP contribution in [0, 0.1) is 6.92 Å². The van der Waals surface area contributed by atoms with Crippen LogP contribution in [-0.2, 0) is 24.4 Å². The van der Waals surface area contributed by atoms with Crippen molar-refractivity contribution in [2.24, 2.45) is 5.16 Å². The fourth-order valence-corrected chi connectivity index (χ4v) is 4.67. The fraction of sp³-hybridized carbons (Fsp3) is 0.333. The minimum atomic E-state index is -3.72. The molecule has 12 heteroatoms. The summed E-state index contributed by atoms with van der Waals surface area (Å²) in [4.78, 5) is 17.2. The minimum Gasteiger partial charge on any atom is -0.435 e. The van der Waals surface area contributed by atoms with Crippen LogP contribution >= 0.6 is 0 Å². The van der Waals surface area contributed by atoms with Crippen molar-refractivity contribution in [3.05, 3.63) is 53.6 Å². The number of morpholine rings is 1. The number of oxime groups is 1. The molecule has 33 heavy (non-hydrogen) atoms. The number of alkyl halides is 2. The third-order valence-electron chi connectivity index (χ3n) is 4.64. The van der Waals surface area contributed by atoms with Crippen molar-refractivity contribution >= 4 is 27.8 Å². The number of nitrogens with zero attached hydrogens (tertiary/aromatic N) is 2. The molecule has 1 aliphatic rings. The summed E-state index contributed by atoms with van der Waals surface area (Å²) < 4.78 is 61.0. The predicted molar refractivity (Wildman–Crippen MR) is 116 cm³/mol. The summed E-state index contributed by atoms with van der Waals surface area (Å²) >= 11 is 0. The van der Waals surface area contributed by atoms with Crippen LogP contribution in [0.15, 0.2) is 52.5 Å². The van der Waals surface area contributed by atoms with Gasteiger partial charge in [0, 0.05) is 18.8 Å². The van der Waals surface area contributed by atoms with E-state index in [1.54, 1.807) is 19.1 Å². The predicted octanol–water partition coefficient (Wildman–Crippen LogP) is 2.61. The molecule has 1 saturated heterocycles. The number of nitrogens with one attached hydrogen (secondary N) is 1. The molecule has 178 valence electrons. The number of carbonyl (C=O) groups is 1. The highest BCUT2D eigenvalue weighted by atomic mass is 32.2. The van der Waals surface area contributed by atoms with Gasteiger partial charge in [0.1, 0.15) is 5.75 Å². The number of hydrogen-bond acceptors (Lipinski definition) is 7. The smallest absolute Gasteiger partial charge is 0.387 e. The number of carbonyl (C=O) groups excluding carboxylic acids is 1. The second-order valence-corrected chi connectivity index (χ2v) is 8.91. The van der Waals surface area contributed by atoms with Gasteiger partial charge in [-0.05, 0) is 54.4 Å². The van der Waals surface area contributed by atoms with Gasteiger partial charge in [0.05, 0.1) is 24.3 Å². The number of halogens is 2. The Hall–Kier alpha value is -3.09. The van der Waals surface area contributed by atoms with Gasteiger partial charge in [-0.15, -0.1) is 0 Å². The molecular weight excluding hydrogens is 460 g/mol. The zero-order valence-electron chi connectivity index (χ0n) is 17.7. The lowest BCUT2D eigenvalue weighted by atomic mass is 10.2. The average Bonchev–Trinajstić information content (AvgIpc) is 2.79. The Morgan fingerprint density at radius 3 is 2.58 bits per heavy atom. The lowest BCUT2D eigenvalue weighted by molar-refractivity contribution is -0.120. The molecule has 1 amide bonds. The minimum absolute atomic E-state index is 0.00977. The van der Waals surface area contributed by atoms with Crippen molar-refractivity contribution in [2.45, 2.75) is 18.4 Å². The van der Waals surface area contributed by atoms with Gasteiger partial charge in [0.2, 0.25) is 10.0 Å². The number of hydrogen-bond donors (Lipinski definition) is 1. The van der Waals surface area contributed by atoms with Crippen LogP contribution in [0.2, 0.25) is 0 Å². The number of amides is 1. The monoisotopic (exact) mass is 483 g/mol. The molecule has 1 aliphatic heterocycles. The molecule has 3 rings (SSSR count). The summed E-state index contributed by atoms with van der Waals surface area (Å²) in [6.45, 7) is -0.431. The first-order valence-corrected chi connectivity index (χ1v) is 11.4. The summed E-state index contributed by atoms with van der Waals surface area (Å²) in [5.74, 6) is -0.526. The first kappa shape index (κ1) is 24.6. The summed E-state index contributed by atoms with van der Waals surface area (Å²) in [5.41, 5.74) is 1.42. The van der Waals surface area contributed by atoms with Gasteiger partial charge in [0.25, 0.3) is 5.91 Å². The van der Waals surface area contributed by atoms with Gasteiger partial charge in [-0.25, -0.2) is 8.42 Å². The molecule has 2 aromatic carbocycles. The van der Waals surface area contributed by atoms with E-state index in [1.165, 1.54) is 40.9 Å². The lowest BCUT2D eigenvalue weighted by Gasteiger charge is -2.26. The van der Waals surface area contributed by atoms with E-state index in [1.807, 2.05) is 0 Å². The summed E-state index contributed by atoms with van der Waals surface area (Å²) in [6, 6.07) is 10.3. The number of aryl methyl sites for hydroxylation is 1. The molecule has 0 unspecified atom stereocenters. The molecule has 0 aliphatic carbocycles. The Balaban J connectivity index is 1.55. The van der Waals surface area contributed by atoms with Crippen molar-refractivity contribution in [3.8, 4) is 5.75 Å². The molecule has 9 nitrogen and oxygen atoms in total. The van der Waals surface area contributed by atoms with Crippen LogP contribution < -0.4 is 10.1 Å². The zero-order chi connectivity index (χ0) is 23.8. The lowest BCUT2D eigenvalue weighted by Crippen LogP contribution is -2.40. The number of benzene rings is 2. The van der Waals surface area contributed by atoms with E-state index in [0.717, 1.165) is 0 Å². The number of ether oxygens (including phenoxy) is 2. The Kier molecular flexibility index (Phi) is 8.31. The Morgan fingerprint density at radius 1 is 1.21 bits per heavy atom. The Labute approximate surface area is 190 Å². The maximum Gasteiger partial charge on any atom is 0.387 e. The number of anilines is 1. The molecule has 2 aromatic rings. The second-order valence-electron chi connectivity index (χ2n) is 7.00.